The van der Waals surface area contributed by atoms with Crippen molar-refractivity contribution < 1.29 is 19.4 Å². The Kier molecular flexibility index (Phi) is 4.60. The summed E-state index contributed by atoms with van der Waals surface area (Å²) in [6, 6.07) is 0. The summed E-state index contributed by atoms with van der Waals surface area (Å²) < 4.78 is 4.62. The third-order valence-electron chi connectivity index (χ3n) is 2.36. The lowest BCUT2D eigenvalue weighted by atomic mass is 9.85. The number of hydrogen-bond donors (Lipinski definition) is 1. The number of hydrogen-bond acceptors (Lipinski definition) is 3. The van der Waals surface area contributed by atoms with Gasteiger partial charge in [0.05, 0.1) is 18.4 Å². The molecule has 0 aliphatic heterocycles. The molecule has 0 bridgehead atoms. The van der Waals surface area contributed by atoms with Crippen molar-refractivity contribution in [1.82, 2.24) is 0 Å². The van der Waals surface area contributed by atoms with E-state index >= 15 is 0 Å². The zero-order valence-electron chi connectivity index (χ0n) is 9.16. The second-order valence-corrected chi connectivity index (χ2v) is 4.15. The summed E-state index contributed by atoms with van der Waals surface area (Å²) in [6.45, 7) is 5.15. The third-order valence-corrected chi connectivity index (χ3v) is 2.36. The highest BCUT2D eigenvalue weighted by Crippen LogP contribution is 2.26. The Morgan fingerprint density at radius 3 is 2.29 bits per heavy atom. The first-order chi connectivity index (χ1) is 6.31. The van der Waals surface area contributed by atoms with Crippen LogP contribution in [0.15, 0.2) is 0 Å². The third kappa shape index (κ3) is 3.77. The zero-order chi connectivity index (χ0) is 11.4. The molecule has 14 heavy (non-hydrogen) atoms. The Hall–Kier alpha value is -1.06. The zero-order valence-corrected chi connectivity index (χ0v) is 9.16. The van der Waals surface area contributed by atoms with E-state index in [-0.39, 0.29) is 5.97 Å². The van der Waals surface area contributed by atoms with Crippen LogP contribution in [0.4, 0.5) is 0 Å². The molecule has 0 aromatic carbocycles. The van der Waals surface area contributed by atoms with E-state index in [9.17, 15) is 9.59 Å². The highest BCUT2D eigenvalue weighted by molar-refractivity contribution is 5.76. The highest BCUT2D eigenvalue weighted by Gasteiger charge is 2.29. The van der Waals surface area contributed by atoms with Gasteiger partial charge in [-0.25, -0.2) is 0 Å². The average molecular weight is 202 g/mol. The van der Waals surface area contributed by atoms with Gasteiger partial charge in [-0.15, -0.1) is 0 Å². The van der Waals surface area contributed by atoms with E-state index in [1.54, 1.807) is 20.8 Å². The number of aliphatic carboxylic acids is 1. The Morgan fingerprint density at radius 1 is 1.43 bits per heavy atom. The summed E-state index contributed by atoms with van der Waals surface area (Å²) in [5.74, 6) is -1.54. The summed E-state index contributed by atoms with van der Waals surface area (Å²) in [6.07, 6.45) is 1.00. The molecule has 1 N–H and O–H groups in total. The lowest BCUT2D eigenvalue weighted by Gasteiger charge is -2.21. The molecule has 0 amide bonds. The van der Waals surface area contributed by atoms with Gasteiger partial charge in [0.2, 0.25) is 0 Å². The minimum atomic E-state index is -0.828. The fourth-order valence-electron chi connectivity index (χ4n) is 1.08. The maximum atomic E-state index is 11.2. The molecule has 0 heterocycles. The van der Waals surface area contributed by atoms with Crippen molar-refractivity contribution in [2.45, 2.75) is 33.6 Å². The maximum absolute atomic E-state index is 11.2. The van der Waals surface area contributed by atoms with Crippen molar-refractivity contribution in [2.24, 2.45) is 11.3 Å². The number of ether oxygens (including phenoxy) is 1. The SMILES string of the molecule is COC(=O)C(C)(C)CCC(C)C(=O)O. The number of rotatable bonds is 5. The van der Waals surface area contributed by atoms with Gasteiger partial charge in [0, 0.05) is 0 Å². The topological polar surface area (TPSA) is 63.6 Å². The molecule has 0 aromatic rings. The molecule has 0 spiro atoms. The second-order valence-electron chi connectivity index (χ2n) is 4.15. The van der Waals surface area contributed by atoms with Gasteiger partial charge in [0.1, 0.15) is 0 Å². The summed E-state index contributed by atoms with van der Waals surface area (Å²) in [4.78, 5) is 21.8. The van der Waals surface area contributed by atoms with E-state index in [4.69, 9.17) is 5.11 Å². The van der Waals surface area contributed by atoms with Crippen LogP contribution in [-0.2, 0) is 14.3 Å². The highest BCUT2D eigenvalue weighted by atomic mass is 16.5. The van der Waals surface area contributed by atoms with Crippen molar-refractivity contribution >= 4 is 11.9 Å². The van der Waals surface area contributed by atoms with Crippen molar-refractivity contribution in [3.63, 3.8) is 0 Å². The van der Waals surface area contributed by atoms with E-state index < -0.39 is 17.3 Å². The Balaban J connectivity index is 4.11. The Morgan fingerprint density at radius 2 is 1.93 bits per heavy atom. The van der Waals surface area contributed by atoms with Gasteiger partial charge in [-0.3, -0.25) is 9.59 Å². The first-order valence-electron chi connectivity index (χ1n) is 4.62. The van der Waals surface area contributed by atoms with Gasteiger partial charge < -0.3 is 9.84 Å². The number of carboxylic acid groups (broad SMARTS) is 1. The number of methoxy groups -OCH3 is 1. The molecule has 0 aliphatic carbocycles. The van der Waals surface area contributed by atoms with Crippen molar-refractivity contribution in [1.29, 1.82) is 0 Å². The van der Waals surface area contributed by atoms with Gasteiger partial charge in [0.25, 0.3) is 0 Å². The molecule has 0 rings (SSSR count). The monoisotopic (exact) mass is 202 g/mol. The van der Waals surface area contributed by atoms with Gasteiger partial charge in [-0.2, -0.15) is 0 Å². The van der Waals surface area contributed by atoms with Crippen LogP contribution < -0.4 is 0 Å². The molecule has 0 radical (unpaired) electrons. The summed E-state index contributed by atoms with van der Waals surface area (Å²) in [7, 11) is 1.34. The van der Waals surface area contributed by atoms with E-state index in [0.29, 0.717) is 12.8 Å². The molecule has 0 aliphatic rings. The molecule has 0 fully saturated rings. The predicted molar refractivity (Wildman–Crippen MR) is 51.8 cm³/mol. The Labute approximate surface area is 84.3 Å². The first-order valence-corrected chi connectivity index (χ1v) is 4.62. The average Bonchev–Trinajstić information content (AvgIpc) is 2.12. The molecule has 0 saturated carbocycles. The minimum absolute atomic E-state index is 0.296. The van der Waals surface area contributed by atoms with Crippen LogP contribution in [0, 0.1) is 11.3 Å². The quantitative estimate of drug-likeness (QED) is 0.689. The standard InChI is InChI=1S/C10H18O4/c1-7(8(11)12)5-6-10(2,3)9(13)14-4/h7H,5-6H2,1-4H3,(H,11,12). The van der Waals surface area contributed by atoms with E-state index in [2.05, 4.69) is 4.74 Å². The molecule has 1 atom stereocenters. The second kappa shape index (κ2) is 4.98. The summed E-state index contributed by atoms with van der Waals surface area (Å²) >= 11 is 0. The Bertz CT molecular complexity index is 220. The largest absolute Gasteiger partial charge is 0.481 e. The molecule has 0 saturated heterocycles. The van der Waals surface area contributed by atoms with Crippen LogP contribution in [0.25, 0.3) is 0 Å². The first kappa shape index (κ1) is 12.9. The predicted octanol–water partition coefficient (Wildman–Crippen LogP) is 1.69. The molecule has 4 heteroatoms. The lowest BCUT2D eigenvalue weighted by molar-refractivity contribution is -0.152. The van der Waals surface area contributed by atoms with Crippen LogP contribution in [0.2, 0.25) is 0 Å². The van der Waals surface area contributed by atoms with Crippen molar-refractivity contribution in [3.8, 4) is 0 Å². The van der Waals surface area contributed by atoms with E-state index in [0.717, 1.165) is 0 Å². The molecule has 0 aromatic heterocycles. The van der Waals surface area contributed by atoms with Crippen LogP contribution >= 0.6 is 0 Å². The van der Waals surface area contributed by atoms with Gasteiger partial charge in [-0.1, -0.05) is 6.92 Å². The van der Waals surface area contributed by atoms with Gasteiger partial charge in [0.15, 0.2) is 0 Å². The number of esters is 1. The van der Waals surface area contributed by atoms with Crippen LogP contribution in [0.1, 0.15) is 33.6 Å². The fraction of sp³-hybridized carbons (Fsp3) is 0.800. The van der Waals surface area contributed by atoms with Gasteiger partial charge in [-0.05, 0) is 26.7 Å². The van der Waals surface area contributed by atoms with Gasteiger partial charge >= 0.3 is 11.9 Å². The molecule has 1 unspecified atom stereocenters. The fourth-order valence-corrected chi connectivity index (χ4v) is 1.08. The van der Waals surface area contributed by atoms with Crippen molar-refractivity contribution in [3.05, 3.63) is 0 Å². The van der Waals surface area contributed by atoms with Crippen LogP contribution in [0.3, 0.4) is 0 Å². The molecular weight excluding hydrogens is 184 g/mol. The lowest BCUT2D eigenvalue weighted by Crippen LogP contribution is -2.26. The van der Waals surface area contributed by atoms with E-state index in [1.807, 2.05) is 0 Å². The minimum Gasteiger partial charge on any atom is -0.481 e. The molecule has 4 nitrogen and oxygen atoms in total. The molecular formula is C10H18O4. The van der Waals surface area contributed by atoms with E-state index in [1.165, 1.54) is 7.11 Å². The number of carbonyl (C=O) groups is 2. The summed E-state index contributed by atoms with van der Waals surface area (Å²) in [5, 5.41) is 8.66. The van der Waals surface area contributed by atoms with Crippen LogP contribution in [0.5, 0.6) is 0 Å². The molecule has 82 valence electrons. The van der Waals surface area contributed by atoms with Crippen molar-refractivity contribution in [2.75, 3.05) is 7.11 Å². The summed E-state index contributed by atoms with van der Waals surface area (Å²) in [5.41, 5.74) is -0.599. The van der Waals surface area contributed by atoms with Crippen LogP contribution in [-0.4, -0.2) is 24.2 Å². The maximum Gasteiger partial charge on any atom is 0.311 e. The number of carboxylic acids is 1. The number of carbonyl (C=O) groups excluding carboxylic acids is 1. The smallest absolute Gasteiger partial charge is 0.311 e. The normalized spacial score (nSPS) is 13.4.